The molecule has 5 nitrogen and oxygen atoms in total. The fourth-order valence-corrected chi connectivity index (χ4v) is 2.27. The van der Waals surface area contributed by atoms with Crippen molar-refractivity contribution in [2.45, 2.75) is 52.7 Å². The molecule has 1 N–H and O–H groups in total. The summed E-state index contributed by atoms with van der Waals surface area (Å²) in [5.74, 6) is -0.0805. The van der Waals surface area contributed by atoms with E-state index in [1.54, 1.807) is 4.90 Å². The minimum atomic E-state index is -0.508. The number of amides is 2. The highest BCUT2D eigenvalue weighted by molar-refractivity contribution is 5.92. The lowest BCUT2D eigenvalue weighted by Gasteiger charge is -2.19. The smallest absolute Gasteiger partial charge is 0.410 e. The zero-order valence-corrected chi connectivity index (χ0v) is 13.9. The van der Waals surface area contributed by atoms with Gasteiger partial charge in [0.1, 0.15) is 5.60 Å². The normalized spacial score (nSPS) is 17.1. The Morgan fingerprint density at radius 3 is 2.59 bits per heavy atom. The molecule has 0 bridgehead atoms. The Bertz CT molecular complexity index is 590. The Kier molecular flexibility index (Phi) is 4.44. The van der Waals surface area contributed by atoms with Crippen LogP contribution in [0.5, 0.6) is 0 Å². The summed E-state index contributed by atoms with van der Waals surface area (Å²) in [5, 5.41) is 2.90. The van der Waals surface area contributed by atoms with Gasteiger partial charge in [-0.1, -0.05) is 17.7 Å². The molecule has 1 aromatic rings. The van der Waals surface area contributed by atoms with Gasteiger partial charge in [0.2, 0.25) is 5.91 Å². The van der Waals surface area contributed by atoms with Crippen molar-refractivity contribution in [3.05, 3.63) is 29.3 Å². The zero-order valence-electron chi connectivity index (χ0n) is 13.9. The average Bonchev–Trinajstić information content (AvgIpc) is 3.10. The van der Waals surface area contributed by atoms with Crippen LogP contribution in [0.1, 0.15) is 38.3 Å². The van der Waals surface area contributed by atoms with Gasteiger partial charge in [-0.3, -0.25) is 4.79 Å². The molecule has 1 saturated heterocycles. The predicted octanol–water partition coefficient (Wildman–Crippen LogP) is 3.25. The summed E-state index contributed by atoms with van der Waals surface area (Å²) < 4.78 is 5.28. The van der Waals surface area contributed by atoms with Crippen LogP contribution in [0.4, 0.5) is 10.5 Å². The number of benzene rings is 1. The molecule has 1 aromatic carbocycles. The van der Waals surface area contributed by atoms with Crippen molar-refractivity contribution in [2.75, 3.05) is 11.9 Å². The maximum atomic E-state index is 12.1. The Balaban J connectivity index is 1.83. The van der Waals surface area contributed by atoms with Crippen LogP contribution < -0.4 is 5.32 Å². The number of anilines is 1. The molecule has 0 saturated carbocycles. The van der Waals surface area contributed by atoms with E-state index in [1.165, 1.54) is 0 Å². The maximum Gasteiger partial charge on any atom is 0.410 e. The second-order valence-corrected chi connectivity index (χ2v) is 6.86. The van der Waals surface area contributed by atoms with Gasteiger partial charge < -0.3 is 15.0 Å². The Labute approximate surface area is 131 Å². The fraction of sp³-hybridized carbons (Fsp3) is 0.529. The first kappa shape index (κ1) is 16.3. The van der Waals surface area contributed by atoms with Gasteiger partial charge >= 0.3 is 6.09 Å². The van der Waals surface area contributed by atoms with Crippen molar-refractivity contribution in [3.8, 4) is 0 Å². The van der Waals surface area contributed by atoms with Gasteiger partial charge in [-0.05, 0) is 46.2 Å². The second kappa shape index (κ2) is 5.99. The van der Waals surface area contributed by atoms with Gasteiger partial charge in [0.05, 0.1) is 6.04 Å². The fourth-order valence-electron chi connectivity index (χ4n) is 2.27. The van der Waals surface area contributed by atoms with Gasteiger partial charge in [0.15, 0.2) is 0 Å². The first-order valence-electron chi connectivity index (χ1n) is 7.52. The second-order valence-electron chi connectivity index (χ2n) is 6.86. The van der Waals surface area contributed by atoms with Gasteiger partial charge in [0, 0.05) is 18.7 Å². The average molecular weight is 304 g/mol. The van der Waals surface area contributed by atoms with E-state index in [2.05, 4.69) is 5.32 Å². The zero-order chi connectivity index (χ0) is 16.5. The maximum absolute atomic E-state index is 12.1. The first-order chi connectivity index (χ1) is 10.2. The SMILES string of the molecule is Cc1ccc(NC(=O)CC2CN2C(=O)OC(C)(C)C)c(C)c1. The Morgan fingerprint density at radius 2 is 2.00 bits per heavy atom. The number of hydrogen-bond acceptors (Lipinski definition) is 3. The number of hydrogen-bond donors (Lipinski definition) is 1. The first-order valence-corrected chi connectivity index (χ1v) is 7.52. The van der Waals surface area contributed by atoms with Gasteiger partial charge in [-0.2, -0.15) is 0 Å². The van der Waals surface area contributed by atoms with Gasteiger partial charge in [-0.15, -0.1) is 0 Å². The Hall–Kier alpha value is -2.04. The third-order valence-electron chi connectivity index (χ3n) is 3.42. The third kappa shape index (κ3) is 4.48. The highest BCUT2D eigenvalue weighted by Crippen LogP contribution is 2.25. The summed E-state index contributed by atoms with van der Waals surface area (Å²) in [6.45, 7) is 10.0. The van der Waals surface area contributed by atoms with Crippen LogP contribution in [-0.2, 0) is 9.53 Å². The molecule has 1 fully saturated rings. The third-order valence-corrected chi connectivity index (χ3v) is 3.42. The van der Waals surface area contributed by atoms with Crippen LogP contribution in [0, 0.1) is 13.8 Å². The van der Waals surface area contributed by atoms with E-state index in [9.17, 15) is 9.59 Å². The van der Waals surface area contributed by atoms with Crippen molar-refractivity contribution in [2.24, 2.45) is 0 Å². The van der Waals surface area contributed by atoms with E-state index >= 15 is 0 Å². The molecule has 1 heterocycles. The van der Waals surface area contributed by atoms with Crippen molar-refractivity contribution in [1.29, 1.82) is 0 Å². The molecule has 0 spiro atoms. The molecule has 1 aliphatic rings. The lowest BCUT2D eigenvalue weighted by Crippen LogP contribution is -2.28. The molecular weight excluding hydrogens is 280 g/mol. The molecule has 5 heteroatoms. The lowest BCUT2D eigenvalue weighted by atomic mass is 10.1. The summed E-state index contributed by atoms with van der Waals surface area (Å²) in [6.07, 6.45) is -0.0520. The molecule has 0 radical (unpaired) electrons. The van der Waals surface area contributed by atoms with Crippen LogP contribution in [-0.4, -0.2) is 35.1 Å². The summed E-state index contributed by atoms with van der Waals surface area (Å²) in [6, 6.07) is 5.84. The number of nitrogens with zero attached hydrogens (tertiary/aromatic N) is 1. The van der Waals surface area contributed by atoms with Crippen LogP contribution in [0.3, 0.4) is 0 Å². The van der Waals surface area contributed by atoms with E-state index in [-0.39, 0.29) is 18.0 Å². The summed E-state index contributed by atoms with van der Waals surface area (Å²) >= 11 is 0. The molecule has 2 amide bonds. The summed E-state index contributed by atoms with van der Waals surface area (Å²) in [5.41, 5.74) is 2.51. The van der Waals surface area contributed by atoms with Crippen LogP contribution >= 0.6 is 0 Å². The monoisotopic (exact) mass is 304 g/mol. The summed E-state index contributed by atoms with van der Waals surface area (Å²) in [7, 11) is 0. The van der Waals surface area contributed by atoms with Crippen molar-refractivity contribution in [3.63, 3.8) is 0 Å². The molecule has 0 aliphatic carbocycles. The molecule has 2 rings (SSSR count). The number of ether oxygens (including phenoxy) is 1. The minimum Gasteiger partial charge on any atom is -0.444 e. The number of aryl methyl sites for hydroxylation is 2. The number of carbonyl (C=O) groups excluding carboxylic acids is 2. The highest BCUT2D eigenvalue weighted by atomic mass is 16.6. The van der Waals surface area contributed by atoms with E-state index in [0.29, 0.717) is 13.0 Å². The largest absolute Gasteiger partial charge is 0.444 e. The van der Waals surface area contributed by atoms with E-state index in [1.807, 2.05) is 52.8 Å². The van der Waals surface area contributed by atoms with Crippen molar-refractivity contribution in [1.82, 2.24) is 4.90 Å². The quantitative estimate of drug-likeness (QED) is 0.872. The van der Waals surface area contributed by atoms with E-state index in [0.717, 1.165) is 16.8 Å². The van der Waals surface area contributed by atoms with Gasteiger partial charge in [-0.25, -0.2) is 4.79 Å². The van der Waals surface area contributed by atoms with E-state index < -0.39 is 5.60 Å². The van der Waals surface area contributed by atoms with Crippen LogP contribution in [0.15, 0.2) is 18.2 Å². The molecule has 0 aromatic heterocycles. The molecule has 1 aliphatic heterocycles. The van der Waals surface area contributed by atoms with Crippen LogP contribution in [0.25, 0.3) is 0 Å². The Morgan fingerprint density at radius 1 is 1.32 bits per heavy atom. The minimum absolute atomic E-state index is 0.0550. The standard InChI is InChI=1S/C17H24N2O3/c1-11-6-7-14(12(2)8-11)18-15(20)9-13-10-19(13)16(21)22-17(3,4)5/h6-8,13H,9-10H2,1-5H3,(H,18,20). The topological polar surface area (TPSA) is 58.4 Å². The van der Waals surface area contributed by atoms with E-state index in [4.69, 9.17) is 4.74 Å². The van der Waals surface area contributed by atoms with Crippen LogP contribution in [0.2, 0.25) is 0 Å². The molecule has 22 heavy (non-hydrogen) atoms. The number of nitrogens with one attached hydrogen (secondary N) is 1. The molecule has 1 atom stereocenters. The molecule has 120 valence electrons. The molecule has 1 unspecified atom stereocenters. The molecular formula is C17H24N2O3. The van der Waals surface area contributed by atoms with Gasteiger partial charge in [0.25, 0.3) is 0 Å². The van der Waals surface area contributed by atoms with Crippen molar-refractivity contribution >= 4 is 17.7 Å². The number of carbonyl (C=O) groups is 2. The van der Waals surface area contributed by atoms with Crippen molar-refractivity contribution < 1.29 is 14.3 Å². The number of rotatable bonds is 3. The lowest BCUT2D eigenvalue weighted by molar-refractivity contribution is -0.116. The predicted molar refractivity (Wildman–Crippen MR) is 85.9 cm³/mol. The summed E-state index contributed by atoms with van der Waals surface area (Å²) in [4.78, 5) is 25.5. The highest BCUT2D eigenvalue weighted by Gasteiger charge is 2.42.